The summed E-state index contributed by atoms with van der Waals surface area (Å²) in [5.74, 6) is 0.586. The van der Waals surface area contributed by atoms with Crippen LogP contribution in [-0.2, 0) is 11.2 Å². The van der Waals surface area contributed by atoms with E-state index in [9.17, 15) is 0 Å². The Bertz CT molecular complexity index is 1170. The third kappa shape index (κ3) is 4.34. The maximum atomic E-state index is 6.06. The molecule has 30 heavy (non-hydrogen) atoms. The Kier molecular flexibility index (Phi) is 6.05. The van der Waals surface area contributed by atoms with Crippen molar-refractivity contribution in [1.29, 1.82) is 0 Å². The number of aromatic amines is 1. The van der Waals surface area contributed by atoms with Gasteiger partial charge >= 0.3 is 0 Å². The zero-order chi connectivity index (χ0) is 20.9. The Morgan fingerprint density at radius 1 is 1.13 bits per heavy atom. The Morgan fingerprint density at radius 2 is 2.03 bits per heavy atom. The number of hydrogen-bond acceptors (Lipinski definition) is 3. The molecule has 3 aromatic rings. The van der Waals surface area contributed by atoms with Crippen LogP contribution in [0.2, 0.25) is 5.02 Å². The van der Waals surface area contributed by atoms with E-state index >= 15 is 0 Å². The fourth-order valence-corrected chi connectivity index (χ4v) is 3.70. The van der Waals surface area contributed by atoms with Gasteiger partial charge in [-0.1, -0.05) is 48.0 Å². The number of benzene rings is 2. The molecule has 1 aliphatic heterocycles. The van der Waals surface area contributed by atoms with Crippen molar-refractivity contribution in [2.45, 2.75) is 20.3 Å². The molecule has 0 bridgehead atoms. The summed E-state index contributed by atoms with van der Waals surface area (Å²) < 4.78 is 5.96. The minimum absolute atomic E-state index is 0.530. The van der Waals surface area contributed by atoms with E-state index in [-0.39, 0.29) is 0 Å². The highest BCUT2D eigenvalue weighted by molar-refractivity contribution is 6.30. The summed E-state index contributed by atoms with van der Waals surface area (Å²) in [6, 6.07) is 16.3. The van der Waals surface area contributed by atoms with Crippen LogP contribution in [0.4, 0.5) is 0 Å². The van der Waals surface area contributed by atoms with Crippen molar-refractivity contribution in [2.75, 3.05) is 6.61 Å². The molecule has 0 spiro atoms. The number of fused-ring (bicyclic) bond motifs is 1. The zero-order valence-electron chi connectivity index (χ0n) is 17.1. The van der Waals surface area contributed by atoms with Gasteiger partial charge in [-0.3, -0.25) is 0 Å². The quantitative estimate of drug-likeness (QED) is 0.512. The summed E-state index contributed by atoms with van der Waals surface area (Å²) in [5.41, 5.74) is 5.33. The van der Waals surface area contributed by atoms with Gasteiger partial charge in [-0.25, -0.2) is 5.01 Å². The van der Waals surface area contributed by atoms with Gasteiger partial charge in [0.2, 0.25) is 5.90 Å². The number of rotatable bonds is 5. The molecule has 0 saturated carbocycles. The van der Waals surface area contributed by atoms with Crippen LogP contribution in [0.25, 0.3) is 16.6 Å². The first-order valence-electron chi connectivity index (χ1n) is 10.0. The van der Waals surface area contributed by atoms with Crippen molar-refractivity contribution in [2.24, 2.45) is 5.10 Å². The monoisotopic (exact) mass is 417 g/mol. The van der Waals surface area contributed by atoms with E-state index in [2.05, 4.69) is 35.3 Å². The molecule has 5 heteroatoms. The first-order valence-corrected chi connectivity index (χ1v) is 10.4. The van der Waals surface area contributed by atoms with Gasteiger partial charge in [0.25, 0.3) is 0 Å². The Hall–Kier alpha value is -3.24. The first-order chi connectivity index (χ1) is 14.7. The maximum absolute atomic E-state index is 6.06. The van der Waals surface area contributed by atoms with Crippen LogP contribution < -0.4 is 0 Å². The van der Waals surface area contributed by atoms with Crippen LogP contribution >= 0.6 is 11.6 Å². The zero-order valence-corrected chi connectivity index (χ0v) is 17.9. The molecule has 1 aliphatic rings. The molecule has 4 rings (SSSR count). The van der Waals surface area contributed by atoms with E-state index in [0.717, 1.165) is 39.5 Å². The minimum atomic E-state index is 0.530. The third-order valence-corrected chi connectivity index (χ3v) is 5.25. The lowest BCUT2D eigenvalue weighted by Gasteiger charge is -2.26. The molecule has 0 saturated heterocycles. The smallest absolute Gasteiger partial charge is 0.231 e. The van der Waals surface area contributed by atoms with Crippen molar-refractivity contribution in [3.05, 3.63) is 101 Å². The topological polar surface area (TPSA) is 40.6 Å². The van der Waals surface area contributed by atoms with Crippen LogP contribution in [0.5, 0.6) is 0 Å². The second-order valence-corrected chi connectivity index (χ2v) is 7.42. The van der Waals surface area contributed by atoms with E-state index in [1.807, 2.05) is 67.5 Å². The fraction of sp³-hybridized carbons (Fsp3) is 0.160. The number of nitrogens with zero attached hydrogens (tertiary/aromatic N) is 2. The van der Waals surface area contributed by atoms with Gasteiger partial charge in [0, 0.05) is 34.8 Å². The molecule has 4 nitrogen and oxygen atoms in total. The third-order valence-electron chi connectivity index (χ3n) is 5.02. The molecule has 2 aromatic carbocycles. The number of ether oxygens (including phenoxy) is 1. The first kappa shape index (κ1) is 20.0. The fourth-order valence-electron chi connectivity index (χ4n) is 3.49. The number of nitrogens with one attached hydrogen (secondary N) is 1. The largest absolute Gasteiger partial charge is 0.476 e. The Labute approximate surface area is 181 Å². The molecule has 0 amide bonds. The van der Waals surface area contributed by atoms with Gasteiger partial charge < -0.3 is 9.72 Å². The minimum Gasteiger partial charge on any atom is -0.476 e. The van der Waals surface area contributed by atoms with Gasteiger partial charge in [0.05, 0.1) is 18.0 Å². The van der Waals surface area contributed by atoms with Crippen LogP contribution in [0.1, 0.15) is 25.0 Å². The summed E-state index contributed by atoms with van der Waals surface area (Å²) in [6.07, 6.45) is 10.8. The standard InChI is InChI=1S/C25H24ClN3O/c1-3-22-10-11-25(30-15-13-18-6-5-7-21(26)16-18)28-29(22)24(4-2)20-9-8-19-12-14-27-23(19)17-20/h3-12,14,16-17,27H,13,15H2,1-2H3/b22-3?,24-4-. The lowest BCUT2D eigenvalue weighted by molar-refractivity contribution is 0.300. The Morgan fingerprint density at radius 3 is 2.83 bits per heavy atom. The number of allylic oxidation sites excluding steroid dienone is 3. The van der Waals surface area contributed by atoms with E-state index in [1.165, 1.54) is 5.39 Å². The van der Waals surface area contributed by atoms with Gasteiger partial charge in [-0.2, -0.15) is 0 Å². The van der Waals surface area contributed by atoms with E-state index < -0.39 is 0 Å². The van der Waals surface area contributed by atoms with Crippen LogP contribution in [0.15, 0.2) is 89.8 Å². The molecule has 2 heterocycles. The lowest BCUT2D eigenvalue weighted by Crippen LogP contribution is -2.21. The molecule has 0 atom stereocenters. The summed E-state index contributed by atoms with van der Waals surface area (Å²) in [4.78, 5) is 3.28. The highest BCUT2D eigenvalue weighted by Crippen LogP contribution is 2.29. The van der Waals surface area contributed by atoms with E-state index in [4.69, 9.17) is 21.4 Å². The van der Waals surface area contributed by atoms with Crippen molar-refractivity contribution < 1.29 is 4.74 Å². The van der Waals surface area contributed by atoms with E-state index in [1.54, 1.807) is 0 Å². The average Bonchev–Trinajstić information content (AvgIpc) is 3.23. The predicted molar refractivity (Wildman–Crippen MR) is 125 cm³/mol. The van der Waals surface area contributed by atoms with Crippen LogP contribution in [-0.4, -0.2) is 22.5 Å². The predicted octanol–water partition coefficient (Wildman–Crippen LogP) is 6.53. The molecular weight excluding hydrogens is 394 g/mol. The second kappa shape index (κ2) is 9.06. The lowest BCUT2D eigenvalue weighted by atomic mass is 10.1. The second-order valence-electron chi connectivity index (χ2n) is 6.98. The summed E-state index contributed by atoms with van der Waals surface area (Å²) >= 11 is 6.06. The summed E-state index contributed by atoms with van der Waals surface area (Å²) in [5, 5.41) is 8.62. The molecule has 0 fully saturated rings. The van der Waals surface area contributed by atoms with Crippen molar-refractivity contribution >= 4 is 34.1 Å². The van der Waals surface area contributed by atoms with Gasteiger partial charge in [0.1, 0.15) is 0 Å². The number of H-pyrrole nitrogens is 1. The Balaban J connectivity index is 1.53. The highest BCUT2D eigenvalue weighted by Gasteiger charge is 2.18. The molecule has 0 aliphatic carbocycles. The van der Waals surface area contributed by atoms with Crippen molar-refractivity contribution in [3.63, 3.8) is 0 Å². The van der Waals surface area contributed by atoms with Gasteiger partial charge in [-0.05, 0) is 55.1 Å². The molecule has 1 N–H and O–H groups in total. The maximum Gasteiger partial charge on any atom is 0.231 e. The van der Waals surface area contributed by atoms with Gasteiger partial charge in [0.15, 0.2) is 0 Å². The van der Waals surface area contributed by atoms with Crippen molar-refractivity contribution in [1.82, 2.24) is 9.99 Å². The van der Waals surface area contributed by atoms with Crippen LogP contribution in [0.3, 0.4) is 0 Å². The molecule has 0 radical (unpaired) electrons. The normalized spacial score (nSPS) is 15.7. The number of hydrazone groups is 1. The number of aromatic nitrogens is 1. The van der Waals surface area contributed by atoms with Crippen LogP contribution in [0, 0.1) is 0 Å². The summed E-state index contributed by atoms with van der Waals surface area (Å²) in [6.45, 7) is 4.56. The highest BCUT2D eigenvalue weighted by atomic mass is 35.5. The van der Waals surface area contributed by atoms with E-state index in [0.29, 0.717) is 12.5 Å². The molecule has 0 unspecified atom stereocenters. The SMILES string of the molecule is CC=C1C=CC(OCCc2cccc(Cl)c2)=NN1/C(=C\C)c1ccc2cc[nH]c2c1. The average molecular weight is 418 g/mol. The van der Waals surface area contributed by atoms with Gasteiger partial charge in [-0.15, -0.1) is 5.10 Å². The van der Waals surface area contributed by atoms with Crippen molar-refractivity contribution in [3.8, 4) is 0 Å². The molecule has 152 valence electrons. The molecule has 1 aromatic heterocycles. The molecular formula is C25H24ClN3O. The number of hydrogen-bond donors (Lipinski definition) is 1. The summed E-state index contributed by atoms with van der Waals surface area (Å²) in [7, 11) is 0. The number of halogens is 1.